The van der Waals surface area contributed by atoms with Crippen LogP contribution in [0.1, 0.15) is 33.4 Å². The molecule has 32 heavy (non-hydrogen) atoms. The van der Waals surface area contributed by atoms with Gasteiger partial charge in [-0.15, -0.1) is 16.4 Å². The maximum atomic E-state index is 13.1. The number of benzene rings is 1. The molecule has 168 valence electrons. The molecule has 0 aliphatic carbocycles. The molecule has 1 fully saturated rings. The van der Waals surface area contributed by atoms with Crippen LogP contribution in [0.25, 0.3) is 0 Å². The van der Waals surface area contributed by atoms with Gasteiger partial charge in [0.15, 0.2) is 5.69 Å². The van der Waals surface area contributed by atoms with E-state index in [1.54, 1.807) is 29.3 Å². The maximum Gasteiger partial charge on any atom is 0.360 e. The number of hydrogen-bond acceptors (Lipinski definition) is 8. The molecule has 1 saturated heterocycles. The highest BCUT2D eigenvalue weighted by Gasteiger charge is 2.38. The highest BCUT2D eigenvalue weighted by Crippen LogP contribution is 2.29. The van der Waals surface area contributed by atoms with Crippen LogP contribution in [0, 0.1) is 0 Å². The molecule has 2 aromatic heterocycles. The van der Waals surface area contributed by atoms with E-state index in [0.717, 1.165) is 11.3 Å². The van der Waals surface area contributed by atoms with Gasteiger partial charge in [0.2, 0.25) is 5.91 Å². The number of amides is 1. The minimum absolute atomic E-state index is 0.0341. The van der Waals surface area contributed by atoms with E-state index in [4.69, 9.17) is 9.47 Å². The van der Waals surface area contributed by atoms with Crippen molar-refractivity contribution in [2.24, 2.45) is 0 Å². The number of nitrogens with zero attached hydrogens (tertiary/aromatic N) is 4. The summed E-state index contributed by atoms with van der Waals surface area (Å²) in [5, 5.41) is 13.1. The summed E-state index contributed by atoms with van der Waals surface area (Å²) in [4.78, 5) is 28.2. The van der Waals surface area contributed by atoms with E-state index in [2.05, 4.69) is 26.6 Å². The van der Waals surface area contributed by atoms with Crippen LogP contribution >= 0.6 is 11.3 Å². The summed E-state index contributed by atoms with van der Waals surface area (Å²) >= 11 is 1.66. The summed E-state index contributed by atoms with van der Waals surface area (Å²) in [6, 6.07) is 11.3. The van der Waals surface area contributed by atoms with Crippen molar-refractivity contribution in [1.29, 1.82) is 0 Å². The second-order valence-electron chi connectivity index (χ2n) is 7.56. The summed E-state index contributed by atoms with van der Waals surface area (Å²) in [7, 11) is 2.93. The van der Waals surface area contributed by atoms with Crippen LogP contribution in [0.3, 0.4) is 0 Å². The number of hydrogen-bond donors (Lipinski definition) is 1. The van der Waals surface area contributed by atoms with Crippen molar-refractivity contribution >= 4 is 23.2 Å². The van der Waals surface area contributed by atoms with Crippen molar-refractivity contribution in [2.45, 2.75) is 31.6 Å². The second kappa shape index (κ2) is 9.92. The van der Waals surface area contributed by atoms with Gasteiger partial charge >= 0.3 is 5.97 Å². The van der Waals surface area contributed by atoms with Crippen molar-refractivity contribution in [3.63, 3.8) is 0 Å². The van der Waals surface area contributed by atoms with E-state index >= 15 is 0 Å². The topological polar surface area (TPSA) is 98.6 Å². The average molecular weight is 456 g/mol. The molecule has 1 N–H and O–H groups in total. The first-order valence-corrected chi connectivity index (χ1v) is 11.1. The minimum Gasteiger partial charge on any atom is -0.497 e. The van der Waals surface area contributed by atoms with E-state index in [1.807, 2.05) is 35.7 Å². The molecule has 1 aromatic carbocycles. The molecule has 0 saturated carbocycles. The maximum absolute atomic E-state index is 13.1. The van der Waals surface area contributed by atoms with Gasteiger partial charge in [-0.25, -0.2) is 9.48 Å². The largest absolute Gasteiger partial charge is 0.497 e. The molecule has 1 aliphatic heterocycles. The fourth-order valence-electron chi connectivity index (χ4n) is 3.82. The third-order valence-corrected chi connectivity index (χ3v) is 6.39. The lowest BCUT2D eigenvalue weighted by atomic mass is 10.1. The molecular weight excluding hydrogens is 430 g/mol. The van der Waals surface area contributed by atoms with Crippen LogP contribution in [0.4, 0.5) is 0 Å². The number of nitrogens with one attached hydrogen (secondary N) is 1. The standard InChI is InChI=1S/C22H25N5O4S/c1-30-17-7-5-15(6-8-17)11-23-21(28)20-10-16(12-26(20)13-18-4-3-9-32-18)27-14-19(24-25-27)22(29)31-2/h3-9,14,16,20H,10-13H2,1-2H3,(H,23,28)/t16-,20-/m0/s1. The van der Waals surface area contributed by atoms with Crippen LogP contribution in [0.2, 0.25) is 0 Å². The Morgan fingerprint density at radius 1 is 1.22 bits per heavy atom. The number of carbonyl (C=O) groups is 2. The summed E-state index contributed by atoms with van der Waals surface area (Å²) in [5.41, 5.74) is 1.15. The van der Waals surface area contributed by atoms with Crippen molar-refractivity contribution in [3.05, 3.63) is 64.1 Å². The third kappa shape index (κ3) is 4.97. The Bertz CT molecular complexity index is 1050. The number of thiophene rings is 1. The summed E-state index contributed by atoms with van der Waals surface area (Å²) in [6.45, 7) is 1.74. The Kier molecular flexibility index (Phi) is 6.81. The van der Waals surface area contributed by atoms with Crippen molar-refractivity contribution in [2.75, 3.05) is 20.8 Å². The Balaban J connectivity index is 1.46. The van der Waals surface area contributed by atoms with E-state index in [-0.39, 0.29) is 23.7 Å². The quantitative estimate of drug-likeness (QED) is 0.520. The van der Waals surface area contributed by atoms with Gasteiger partial charge in [-0.05, 0) is 35.6 Å². The first-order valence-electron chi connectivity index (χ1n) is 10.2. The Morgan fingerprint density at radius 2 is 2.03 bits per heavy atom. The molecule has 0 bridgehead atoms. The van der Waals surface area contributed by atoms with Crippen LogP contribution in [-0.4, -0.2) is 58.6 Å². The predicted molar refractivity (Wildman–Crippen MR) is 118 cm³/mol. The Morgan fingerprint density at radius 3 is 2.72 bits per heavy atom. The van der Waals surface area contributed by atoms with Gasteiger partial charge in [0.25, 0.3) is 0 Å². The highest BCUT2D eigenvalue weighted by molar-refractivity contribution is 7.09. The summed E-state index contributed by atoms with van der Waals surface area (Å²) in [5.74, 6) is 0.214. The average Bonchev–Trinajstić information content (AvgIpc) is 3.58. The van der Waals surface area contributed by atoms with Crippen LogP contribution in [-0.2, 0) is 22.6 Å². The molecule has 0 unspecified atom stereocenters. The molecule has 3 heterocycles. The van der Waals surface area contributed by atoms with Gasteiger partial charge in [-0.3, -0.25) is 9.69 Å². The van der Waals surface area contributed by atoms with Gasteiger partial charge in [0.1, 0.15) is 5.75 Å². The minimum atomic E-state index is -0.529. The SMILES string of the molecule is COC(=O)c1cn([C@H]2C[C@@H](C(=O)NCc3ccc(OC)cc3)N(Cc3cccs3)C2)nn1. The number of ether oxygens (including phenoxy) is 2. The Labute approximate surface area is 189 Å². The van der Waals surface area contributed by atoms with E-state index in [1.165, 1.54) is 12.0 Å². The first kappa shape index (κ1) is 22.0. The van der Waals surface area contributed by atoms with Crippen LogP contribution in [0.15, 0.2) is 48.0 Å². The molecule has 1 aliphatic rings. The number of aromatic nitrogens is 3. The number of methoxy groups -OCH3 is 2. The Hall–Kier alpha value is -3.24. The molecule has 3 aromatic rings. The molecule has 10 heteroatoms. The predicted octanol–water partition coefficient (Wildman–Crippen LogP) is 2.27. The number of esters is 1. The van der Waals surface area contributed by atoms with Crippen LogP contribution < -0.4 is 10.1 Å². The van der Waals surface area contributed by atoms with Gasteiger partial charge < -0.3 is 14.8 Å². The molecular formula is C22H25N5O4S. The number of carbonyl (C=O) groups excluding carboxylic acids is 2. The summed E-state index contributed by atoms with van der Waals surface area (Å²) < 4.78 is 11.6. The smallest absolute Gasteiger partial charge is 0.360 e. The van der Waals surface area contributed by atoms with E-state index in [0.29, 0.717) is 26.1 Å². The molecule has 0 spiro atoms. The molecule has 0 radical (unpaired) electrons. The van der Waals surface area contributed by atoms with E-state index < -0.39 is 5.97 Å². The fourth-order valence-corrected chi connectivity index (χ4v) is 4.55. The first-order chi connectivity index (χ1) is 15.6. The molecule has 4 rings (SSSR count). The third-order valence-electron chi connectivity index (χ3n) is 5.53. The number of rotatable bonds is 8. The molecule has 1 amide bonds. The zero-order chi connectivity index (χ0) is 22.5. The van der Waals surface area contributed by atoms with E-state index in [9.17, 15) is 9.59 Å². The zero-order valence-corrected chi connectivity index (χ0v) is 18.7. The van der Waals surface area contributed by atoms with Crippen molar-refractivity contribution in [1.82, 2.24) is 25.2 Å². The summed E-state index contributed by atoms with van der Waals surface area (Å²) in [6.07, 6.45) is 2.15. The lowest BCUT2D eigenvalue weighted by molar-refractivity contribution is -0.125. The van der Waals surface area contributed by atoms with Crippen molar-refractivity contribution in [3.8, 4) is 5.75 Å². The van der Waals surface area contributed by atoms with Crippen LogP contribution in [0.5, 0.6) is 5.75 Å². The molecule has 9 nitrogen and oxygen atoms in total. The lowest BCUT2D eigenvalue weighted by Crippen LogP contribution is -2.42. The van der Waals surface area contributed by atoms with Crippen molar-refractivity contribution < 1.29 is 19.1 Å². The fraction of sp³-hybridized carbons (Fsp3) is 0.364. The number of likely N-dealkylation sites (tertiary alicyclic amines) is 1. The highest BCUT2D eigenvalue weighted by atomic mass is 32.1. The van der Waals surface area contributed by atoms with Gasteiger partial charge in [-0.1, -0.05) is 23.4 Å². The van der Waals surface area contributed by atoms with Gasteiger partial charge in [0.05, 0.1) is 32.5 Å². The zero-order valence-electron chi connectivity index (χ0n) is 17.9. The lowest BCUT2D eigenvalue weighted by Gasteiger charge is -2.22. The monoisotopic (exact) mass is 455 g/mol. The van der Waals surface area contributed by atoms with Gasteiger partial charge in [-0.2, -0.15) is 0 Å². The van der Waals surface area contributed by atoms with Gasteiger partial charge in [0, 0.05) is 24.5 Å². The second-order valence-corrected chi connectivity index (χ2v) is 8.59. The normalized spacial score (nSPS) is 18.4. The molecule has 2 atom stereocenters.